The van der Waals surface area contributed by atoms with Crippen LogP contribution in [0.3, 0.4) is 0 Å². The third-order valence-corrected chi connectivity index (χ3v) is 6.48. The summed E-state index contributed by atoms with van der Waals surface area (Å²) in [6, 6.07) is 3.50. The van der Waals surface area contributed by atoms with Crippen molar-refractivity contribution in [3.05, 3.63) is 24.3 Å². The largest absolute Gasteiger partial charge is 0.480 e. The lowest BCUT2D eigenvalue weighted by molar-refractivity contribution is -0.139. The van der Waals surface area contributed by atoms with Crippen molar-refractivity contribution >= 4 is 26.0 Å². The molecule has 10 heteroatoms. The second-order valence-corrected chi connectivity index (χ2v) is 9.77. The Morgan fingerprint density at radius 1 is 1.17 bits per heavy atom. The normalized spacial score (nSPS) is 14.1. The first-order valence-corrected chi connectivity index (χ1v) is 10.1. The van der Waals surface area contributed by atoms with Gasteiger partial charge in [-0.15, -0.1) is 0 Å². The highest BCUT2D eigenvalue weighted by Gasteiger charge is 2.27. The number of carboxylic acids is 1. The van der Waals surface area contributed by atoms with Crippen molar-refractivity contribution in [2.75, 3.05) is 14.1 Å². The maximum absolute atomic E-state index is 12.4. The van der Waals surface area contributed by atoms with Crippen molar-refractivity contribution in [2.45, 2.75) is 36.1 Å². The average Bonchev–Trinajstić information content (AvgIpc) is 2.45. The summed E-state index contributed by atoms with van der Waals surface area (Å²) in [7, 11) is -5.31. The smallest absolute Gasteiger partial charge is 0.321 e. The number of hydrogen-bond donors (Lipinski definition) is 2. The van der Waals surface area contributed by atoms with Crippen molar-refractivity contribution in [3.8, 4) is 0 Å². The predicted octanol–water partition coefficient (Wildman–Crippen LogP) is 0.715. The van der Waals surface area contributed by atoms with E-state index in [-0.39, 0.29) is 22.1 Å². The SMILES string of the molecule is CC(C)C[C@@H](NS(=O)(=O)c1cccc(S(=O)(=O)N(C)C)c1)C(=O)O. The van der Waals surface area contributed by atoms with Crippen LogP contribution in [0.25, 0.3) is 0 Å². The van der Waals surface area contributed by atoms with E-state index in [1.165, 1.54) is 32.3 Å². The van der Waals surface area contributed by atoms with E-state index in [9.17, 15) is 21.6 Å². The van der Waals surface area contributed by atoms with E-state index in [0.29, 0.717) is 0 Å². The van der Waals surface area contributed by atoms with Crippen molar-refractivity contribution in [1.82, 2.24) is 9.03 Å². The van der Waals surface area contributed by atoms with Crippen LogP contribution in [0.4, 0.5) is 0 Å². The fourth-order valence-corrected chi connectivity index (χ4v) is 4.21. The van der Waals surface area contributed by atoms with Crippen molar-refractivity contribution in [3.63, 3.8) is 0 Å². The number of benzene rings is 1. The average molecular weight is 378 g/mol. The minimum Gasteiger partial charge on any atom is -0.480 e. The van der Waals surface area contributed by atoms with Gasteiger partial charge >= 0.3 is 5.97 Å². The first kappa shape index (κ1) is 20.6. The number of carbonyl (C=O) groups is 1. The van der Waals surface area contributed by atoms with E-state index in [4.69, 9.17) is 5.11 Å². The first-order valence-electron chi connectivity index (χ1n) is 7.15. The summed E-state index contributed by atoms with van der Waals surface area (Å²) in [5, 5.41) is 9.16. The fourth-order valence-electron chi connectivity index (χ4n) is 1.94. The second kappa shape index (κ2) is 7.60. The lowest BCUT2D eigenvalue weighted by Crippen LogP contribution is -2.41. The van der Waals surface area contributed by atoms with Gasteiger partial charge < -0.3 is 5.11 Å². The van der Waals surface area contributed by atoms with Crippen LogP contribution >= 0.6 is 0 Å². The Bertz CT molecular complexity index is 800. The van der Waals surface area contributed by atoms with Gasteiger partial charge in [0.15, 0.2) is 0 Å². The molecule has 0 aliphatic carbocycles. The van der Waals surface area contributed by atoms with Crippen LogP contribution in [0.1, 0.15) is 20.3 Å². The Morgan fingerprint density at radius 2 is 1.71 bits per heavy atom. The third kappa shape index (κ3) is 5.00. The highest BCUT2D eigenvalue weighted by Crippen LogP contribution is 2.19. The summed E-state index contributed by atoms with van der Waals surface area (Å²) in [4.78, 5) is 10.7. The van der Waals surface area contributed by atoms with E-state index < -0.39 is 32.1 Å². The topological polar surface area (TPSA) is 121 Å². The van der Waals surface area contributed by atoms with E-state index >= 15 is 0 Å². The van der Waals surface area contributed by atoms with Crippen LogP contribution in [0.2, 0.25) is 0 Å². The number of nitrogens with zero attached hydrogens (tertiary/aromatic N) is 1. The Hall–Kier alpha value is -1.49. The molecule has 1 rings (SSSR count). The number of aliphatic carboxylic acids is 1. The summed E-state index contributed by atoms with van der Waals surface area (Å²) in [5.41, 5.74) is 0. The molecule has 0 aliphatic heterocycles. The van der Waals surface area contributed by atoms with E-state index in [0.717, 1.165) is 10.4 Å². The molecule has 0 heterocycles. The van der Waals surface area contributed by atoms with Gasteiger partial charge in [-0.05, 0) is 30.5 Å². The highest BCUT2D eigenvalue weighted by atomic mass is 32.2. The van der Waals surface area contributed by atoms with Gasteiger partial charge in [-0.1, -0.05) is 19.9 Å². The summed E-state index contributed by atoms with van der Waals surface area (Å²) in [6.45, 7) is 3.54. The molecular weight excluding hydrogens is 356 g/mol. The number of carboxylic acid groups (broad SMARTS) is 1. The molecule has 0 unspecified atom stereocenters. The summed E-state index contributed by atoms with van der Waals surface area (Å²) >= 11 is 0. The van der Waals surface area contributed by atoms with Crippen LogP contribution in [-0.4, -0.2) is 52.4 Å². The molecule has 8 nitrogen and oxygen atoms in total. The second-order valence-electron chi connectivity index (χ2n) is 5.90. The van der Waals surface area contributed by atoms with Gasteiger partial charge in [0.2, 0.25) is 20.0 Å². The maximum Gasteiger partial charge on any atom is 0.321 e. The first-order chi connectivity index (χ1) is 10.9. The lowest BCUT2D eigenvalue weighted by Gasteiger charge is -2.17. The quantitative estimate of drug-likeness (QED) is 0.687. The molecule has 0 bridgehead atoms. The minimum absolute atomic E-state index is 0.0331. The van der Waals surface area contributed by atoms with E-state index in [1.807, 2.05) is 0 Å². The van der Waals surface area contributed by atoms with Crippen LogP contribution in [0.5, 0.6) is 0 Å². The van der Waals surface area contributed by atoms with E-state index in [1.54, 1.807) is 13.8 Å². The Balaban J connectivity index is 3.22. The number of sulfonamides is 2. The zero-order valence-electron chi connectivity index (χ0n) is 13.9. The van der Waals surface area contributed by atoms with Gasteiger partial charge in [-0.2, -0.15) is 4.72 Å². The molecule has 0 saturated carbocycles. The Morgan fingerprint density at radius 3 is 2.17 bits per heavy atom. The molecule has 0 spiro atoms. The van der Waals surface area contributed by atoms with Crippen LogP contribution < -0.4 is 4.72 Å². The molecule has 136 valence electrons. The Labute approximate surface area is 142 Å². The lowest BCUT2D eigenvalue weighted by atomic mass is 10.1. The van der Waals surface area contributed by atoms with Gasteiger partial charge in [0, 0.05) is 14.1 Å². The molecule has 24 heavy (non-hydrogen) atoms. The van der Waals surface area contributed by atoms with Gasteiger partial charge in [0.1, 0.15) is 6.04 Å². The minimum atomic E-state index is -4.17. The molecule has 0 amide bonds. The summed E-state index contributed by atoms with van der Waals surface area (Å²) in [5.74, 6) is -1.32. The molecule has 1 atom stereocenters. The van der Waals surface area contributed by atoms with Gasteiger partial charge in [-0.25, -0.2) is 21.1 Å². The number of rotatable bonds is 8. The molecule has 1 aromatic carbocycles. The van der Waals surface area contributed by atoms with Crippen molar-refractivity contribution in [2.24, 2.45) is 5.92 Å². The molecule has 0 radical (unpaired) electrons. The van der Waals surface area contributed by atoms with Crippen LogP contribution in [0, 0.1) is 5.92 Å². The maximum atomic E-state index is 12.4. The molecular formula is C14H22N2O6S2. The van der Waals surface area contributed by atoms with Crippen molar-refractivity contribution < 1.29 is 26.7 Å². The Kier molecular flexibility index (Phi) is 6.51. The molecule has 1 aromatic rings. The predicted molar refractivity (Wildman–Crippen MR) is 88.5 cm³/mol. The van der Waals surface area contributed by atoms with Gasteiger partial charge in [0.25, 0.3) is 0 Å². The number of hydrogen-bond acceptors (Lipinski definition) is 5. The van der Waals surface area contributed by atoms with Gasteiger partial charge in [0.05, 0.1) is 9.79 Å². The van der Waals surface area contributed by atoms with E-state index in [2.05, 4.69) is 4.72 Å². The van der Waals surface area contributed by atoms with Crippen LogP contribution in [-0.2, 0) is 24.8 Å². The van der Waals surface area contributed by atoms with Crippen LogP contribution in [0.15, 0.2) is 34.1 Å². The zero-order valence-corrected chi connectivity index (χ0v) is 15.6. The van der Waals surface area contributed by atoms with Gasteiger partial charge in [-0.3, -0.25) is 4.79 Å². The highest BCUT2D eigenvalue weighted by molar-refractivity contribution is 7.90. The molecule has 0 aliphatic rings. The number of nitrogens with one attached hydrogen (secondary N) is 1. The molecule has 0 fully saturated rings. The summed E-state index contributed by atoms with van der Waals surface area (Å²) < 4.78 is 52.1. The molecule has 2 N–H and O–H groups in total. The third-order valence-electron chi connectivity index (χ3n) is 3.20. The fraction of sp³-hybridized carbons (Fsp3) is 0.500. The zero-order chi connectivity index (χ0) is 18.7. The molecule has 0 aromatic heterocycles. The van der Waals surface area contributed by atoms with Crippen molar-refractivity contribution in [1.29, 1.82) is 0 Å². The monoisotopic (exact) mass is 378 g/mol. The summed E-state index contributed by atoms with van der Waals surface area (Å²) in [6.07, 6.45) is 0.115. The molecule has 0 saturated heterocycles. The standard InChI is InChI=1S/C14H22N2O6S2/c1-10(2)8-13(14(17)18)15-23(19,20)11-6-5-7-12(9-11)24(21,22)16(3)4/h5-7,9-10,13,15H,8H2,1-4H3,(H,17,18)/t13-/m1/s1.